The number of rotatable bonds is 3. The van der Waals surface area contributed by atoms with Gasteiger partial charge in [0.15, 0.2) is 0 Å². The molecule has 0 N–H and O–H groups in total. The molecule has 0 saturated carbocycles. The van der Waals surface area contributed by atoms with Crippen LogP contribution in [0.1, 0.15) is 28.7 Å². The third kappa shape index (κ3) is 2.23. The van der Waals surface area contributed by atoms with Gasteiger partial charge in [-0.25, -0.2) is 0 Å². The molecule has 0 aromatic heterocycles. The quantitative estimate of drug-likeness (QED) is 0.465. The highest BCUT2D eigenvalue weighted by molar-refractivity contribution is 5.68. The molecule has 0 unspecified atom stereocenters. The molecule has 2 aromatic rings. The molecule has 0 amide bonds. The molecule has 3 atom stereocenters. The number of carbonyl (C=O) groups excluding carboxylic acids is 1. The Morgan fingerprint density at radius 3 is 2.39 bits per heavy atom. The van der Waals surface area contributed by atoms with Gasteiger partial charge in [0.2, 0.25) is 5.54 Å². The number of nitro groups is 1. The lowest BCUT2D eigenvalue weighted by Gasteiger charge is -2.35. The molecule has 2 aliphatic heterocycles. The number of aldehydes is 1. The van der Waals surface area contributed by atoms with E-state index in [2.05, 4.69) is 12.1 Å². The van der Waals surface area contributed by atoms with Crippen molar-refractivity contribution in [1.29, 1.82) is 10.5 Å². The van der Waals surface area contributed by atoms with E-state index in [1.165, 1.54) is 24.3 Å². The molecule has 136 valence electrons. The molecule has 2 aliphatic rings. The van der Waals surface area contributed by atoms with E-state index in [0.29, 0.717) is 5.56 Å². The summed E-state index contributed by atoms with van der Waals surface area (Å²) >= 11 is 0. The maximum Gasteiger partial charge on any atom is 0.269 e. The summed E-state index contributed by atoms with van der Waals surface area (Å²) in [6.45, 7) is 0. The van der Waals surface area contributed by atoms with Gasteiger partial charge in [-0.3, -0.25) is 10.1 Å². The second kappa shape index (κ2) is 6.33. The Labute approximate surface area is 160 Å². The third-order valence-electron chi connectivity index (χ3n) is 5.60. The molecule has 1 fully saturated rings. The normalized spacial score (nSPS) is 23.8. The van der Waals surface area contributed by atoms with Gasteiger partial charge in [-0.1, -0.05) is 36.4 Å². The molecular weight excluding hydrogens is 356 g/mol. The van der Waals surface area contributed by atoms with E-state index >= 15 is 0 Å². The Balaban J connectivity index is 1.92. The minimum Gasteiger partial charge on any atom is -0.340 e. The number of nitrogens with zero attached hydrogens (tertiary/aromatic N) is 4. The van der Waals surface area contributed by atoms with Crippen molar-refractivity contribution in [2.24, 2.45) is 5.92 Å². The van der Waals surface area contributed by atoms with Gasteiger partial charge in [0.05, 0.1) is 16.9 Å². The highest BCUT2D eigenvalue weighted by Crippen LogP contribution is 2.56. The van der Waals surface area contributed by atoms with E-state index in [9.17, 15) is 25.4 Å². The number of nitro benzene ring substituents is 1. The van der Waals surface area contributed by atoms with Crippen molar-refractivity contribution in [3.05, 3.63) is 81.5 Å². The predicted molar refractivity (Wildman–Crippen MR) is 99.4 cm³/mol. The van der Waals surface area contributed by atoms with Crippen molar-refractivity contribution in [3.8, 4) is 12.1 Å². The number of benzene rings is 2. The molecule has 7 nitrogen and oxygen atoms in total. The van der Waals surface area contributed by atoms with E-state index in [-0.39, 0.29) is 5.69 Å². The first-order valence-corrected chi connectivity index (χ1v) is 8.65. The Hall–Kier alpha value is -3.97. The number of non-ortho nitro benzene ring substituents is 1. The van der Waals surface area contributed by atoms with E-state index < -0.39 is 28.3 Å². The van der Waals surface area contributed by atoms with Crippen LogP contribution in [0, 0.1) is 38.7 Å². The maximum atomic E-state index is 12.2. The fraction of sp³-hybridized carbons (Fsp3) is 0.190. The average molecular weight is 370 g/mol. The van der Waals surface area contributed by atoms with Crippen molar-refractivity contribution in [2.75, 3.05) is 0 Å². The van der Waals surface area contributed by atoms with Gasteiger partial charge in [0.25, 0.3) is 5.69 Å². The zero-order valence-corrected chi connectivity index (χ0v) is 14.6. The monoisotopic (exact) mass is 370 g/mol. The van der Waals surface area contributed by atoms with Gasteiger partial charge < -0.3 is 9.69 Å². The zero-order chi connectivity index (χ0) is 19.9. The third-order valence-corrected chi connectivity index (χ3v) is 5.60. The summed E-state index contributed by atoms with van der Waals surface area (Å²) in [5.41, 5.74) is 0.667. The SMILES string of the molecule is N#CC1(C#N)[C@H](c2ccc([N+](=O)[O-])cc2)[C@@H](C=O)[C@@H]2c3ccccc3C=CN21. The van der Waals surface area contributed by atoms with Crippen molar-refractivity contribution < 1.29 is 9.72 Å². The lowest BCUT2D eigenvalue weighted by atomic mass is 9.75. The van der Waals surface area contributed by atoms with Crippen LogP contribution in [0.4, 0.5) is 5.69 Å². The average Bonchev–Trinajstić information content (AvgIpc) is 3.04. The van der Waals surface area contributed by atoms with Crippen LogP contribution in [0.15, 0.2) is 54.7 Å². The van der Waals surface area contributed by atoms with E-state index in [4.69, 9.17) is 0 Å². The minimum absolute atomic E-state index is 0.0909. The molecular formula is C21H14N4O3. The smallest absolute Gasteiger partial charge is 0.269 e. The first-order chi connectivity index (χ1) is 13.6. The van der Waals surface area contributed by atoms with Crippen LogP contribution in [0.2, 0.25) is 0 Å². The molecule has 4 rings (SSSR count). The Bertz CT molecular complexity index is 1060. The van der Waals surface area contributed by atoms with E-state index in [0.717, 1.165) is 17.4 Å². The summed E-state index contributed by atoms with van der Waals surface area (Å²) in [6, 6.07) is 17.1. The second-order valence-electron chi connectivity index (χ2n) is 6.83. The number of fused-ring (bicyclic) bond motifs is 3. The zero-order valence-electron chi connectivity index (χ0n) is 14.6. The fourth-order valence-electron chi connectivity index (χ4n) is 4.39. The van der Waals surface area contributed by atoms with Crippen LogP contribution in [-0.4, -0.2) is 21.6 Å². The fourth-order valence-corrected chi connectivity index (χ4v) is 4.39. The Morgan fingerprint density at radius 2 is 1.79 bits per heavy atom. The molecule has 0 spiro atoms. The summed E-state index contributed by atoms with van der Waals surface area (Å²) in [7, 11) is 0. The summed E-state index contributed by atoms with van der Waals surface area (Å²) in [6.07, 6.45) is 4.31. The molecule has 0 bridgehead atoms. The van der Waals surface area contributed by atoms with Gasteiger partial charge in [0.1, 0.15) is 18.4 Å². The molecule has 28 heavy (non-hydrogen) atoms. The van der Waals surface area contributed by atoms with Crippen LogP contribution in [0.25, 0.3) is 6.08 Å². The topological polar surface area (TPSA) is 111 Å². The van der Waals surface area contributed by atoms with E-state index in [1.807, 2.05) is 30.3 Å². The largest absolute Gasteiger partial charge is 0.340 e. The van der Waals surface area contributed by atoms with Gasteiger partial charge in [0, 0.05) is 24.3 Å². The lowest BCUT2D eigenvalue weighted by molar-refractivity contribution is -0.384. The highest BCUT2D eigenvalue weighted by atomic mass is 16.6. The number of hydrogen-bond acceptors (Lipinski definition) is 6. The maximum absolute atomic E-state index is 12.2. The Morgan fingerprint density at radius 1 is 1.11 bits per heavy atom. The van der Waals surface area contributed by atoms with Crippen LogP contribution < -0.4 is 0 Å². The van der Waals surface area contributed by atoms with E-state index in [1.54, 1.807) is 11.1 Å². The van der Waals surface area contributed by atoms with Gasteiger partial charge >= 0.3 is 0 Å². The number of nitriles is 2. The number of hydrogen-bond donors (Lipinski definition) is 0. The first kappa shape index (κ1) is 17.4. The minimum atomic E-state index is -1.60. The highest BCUT2D eigenvalue weighted by Gasteiger charge is 2.61. The van der Waals surface area contributed by atoms with Crippen LogP contribution in [0.3, 0.4) is 0 Å². The summed E-state index contributed by atoms with van der Waals surface area (Å²) in [4.78, 5) is 24.3. The van der Waals surface area contributed by atoms with Crippen molar-refractivity contribution in [2.45, 2.75) is 17.5 Å². The molecule has 0 aliphatic carbocycles. The molecule has 2 heterocycles. The second-order valence-corrected chi connectivity index (χ2v) is 6.83. The van der Waals surface area contributed by atoms with Crippen molar-refractivity contribution in [3.63, 3.8) is 0 Å². The number of carbonyl (C=O) groups is 1. The standard InChI is InChI=1S/C21H14N4O3/c22-12-21(13-23)19(15-5-7-16(8-6-15)25(27)28)18(11-26)20-17-4-2-1-3-14(17)9-10-24(20)21/h1-11,18-20H/t18-,19-,20+/m1/s1. The summed E-state index contributed by atoms with van der Waals surface area (Å²) in [5, 5.41) is 31.0. The molecule has 2 aromatic carbocycles. The van der Waals surface area contributed by atoms with Crippen LogP contribution >= 0.6 is 0 Å². The van der Waals surface area contributed by atoms with Gasteiger partial charge in [-0.05, 0) is 22.8 Å². The molecule has 0 radical (unpaired) electrons. The van der Waals surface area contributed by atoms with Crippen molar-refractivity contribution in [1.82, 2.24) is 4.90 Å². The van der Waals surface area contributed by atoms with Gasteiger partial charge in [-0.15, -0.1) is 0 Å². The first-order valence-electron chi connectivity index (χ1n) is 8.65. The Kier molecular flexibility index (Phi) is 3.94. The predicted octanol–water partition coefficient (Wildman–Crippen LogP) is 3.32. The molecule has 1 saturated heterocycles. The molecule has 7 heteroatoms. The summed E-state index contributed by atoms with van der Waals surface area (Å²) in [5.74, 6) is -1.41. The van der Waals surface area contributed by atoms with Crippen molar-refractivity contribution >= 4 is 18.0 Å². The lowest BCUT2D eigenvalue weighted by Crippen LogP contribution is -2.43. The van der Waals surface area contributed by atoms with Crippen LogP contribution in [-0.2, 0) is 4.79 Å². The summed E-state index contributed by atoms with van der Waals surface area (Å²) < 4.78 is 0. The van der Waals surface area contributed by atoms with Gasteiger partial charge in [-0.2, -0.15) is 10.5 Å². The van der Waals surface area contributed by atoms with Crippen LogP contribution in [0.5, 0.6) is 0 Å².